The molecule has 0 aliphatic rings. The summed E-state index contributed by atoms with van der Waals surface area (Å²) in [5.74, 6) is -0.126. The molecule has 0 fully saturated rings. The van der Waals surface area contributed by atoms with Crippen LogP contribution >= 0.6 is 0 Å². The summed E-state index contributed by atoms with van der Waals surface area (Å²) in [6.45, 7) is 4.88. The number of aliphatic hydroxyl groups is 2. The van der Waals surface area contributed by atoms with Gasteiger partial charge in [0.15, 0.2) is 0 Å². The maximum atomic E-state index is 12.5. The minimum atomic E-state index is -0.694. The van der Waals surface area contributed by atoms with E-state index in [1.807, 2.05) is 0 Å². The smallest absolute Gasteiger partial charge is 0.305 e. The third kappa shape index (κ3) is 46.1. The Balaban J connectivity index is 3.52. The number of esters is 1. The van der Waals surface area contributed by atoms with E-state index in [0.29, 0.717) is 25.9 Å². The highest BCUT2D eigenvalue weighted by atomic mass is 16.5. The van der Waals surface area contributed by atoms with Crippen molar-refractivity contribution >= 4 is 11.9 Å². The van der Waals surface area contributed by atoms with Crippen LogP contribution in [0.4, 0.5) is 0 Å². The summed E-state index contributed by atoms with van der Waals surface area (Å²) >= 11 is 0. The molecule has 0 aliphatic carbocycles. The zero-order valence-corrected chi connectivity index (χ0v) is 40.5. The predicted molar refractivity (Wildman–Crippen MR) is 260 cm³/mol. The Bertz CT molecular complexity index is 893. The molecule has 2 atom stereocenters. The predicted octanol–water partition coefficient (Wildman–Crippen LogP) is 16.1. The number of aliphatic hydroxyl groups excluding tert-OH is 2. The molecule has 0 bridgehead atoms. The largest absolute Gasteiger partial charge is 0.466 e. The molecular weight excluding hydrogens is 743 g/mol. The molecule has 0 spiro atoms. The number of rotatable bonds is 50. The standard InChI is InChI=1S/C54H105NO5/c1-3-5-7-9-11-13-15-17-18-19-20-21-22-23-24-25-26-27-30-34-38-42-46-52(57)51(50-56)55-53(58)47-43-39-35-31-29-33-37-41-45-49-60-54(59)48-44-40-36-32-28-16-14-12-10-8-6-4-2/h31,35,51-52,56-57H,3-30,32-34,36-50H2,1-2H3,(H,55,58)/b35-31-. The van der Waals surface area contributed by atoms with E-state index in [2.05, 4.69) is 31.3 Å². The second-order valence-corrected chi connectivity index (χ2v) is 18.6. The lowest BCUT2D eigenvalue weighted by atomic mass is 10.0. The Kier molecular flexibility index (Phi) is 49.1. The first-order valence-corrected chi connectivity index (χ1v) is 26.9. The number of ether oxygens (including phenoxy) is 1. The highest BCUT2D eigenvalue weighted by Crippen LogP contribution is 2.17. The van der Waals surface area contributed by atoms with Crippen molar-refractivity contribution < 1.29 is 24.5 Å². The Hall–Kier alpha value is -1.40. The highest BCUT2D eigenvalue weighted by molar-refractivity contribution is 5.76. The van der Waals surface area contributed by atoms with Gasteiger partial charge in [-0.1, -0.05) is 251 Å². The number of allylic oxidation sites excluding steroid dienone is 2. The van der Waals surface area contributed by atoms with Crippen molar-refractivity contribution in [3.63, 3.8) is 0 Å². The number of carbonyl (C=O) groups excluding carboxylic acids is 2. The molecule has 0 aliphatic heterocycles. The topological polar surface area (TPSA) is 95.9 Å². The summed E-state index contributed by atoms with van der Waals surface area (Å²) in [5.41, 5.74) is 0. The zero-order chi connectivity index (χ0) is 43.7. The van der Waals surface area contributed by atoms with Crippen LogP contribution in [0.3, 0.4) is 0 Å². The highest BCUT2D eigenvalue weighted by Gasteiger charge is 2.20. The Morgan fingerprint density at radius 1 is 0.450 bits per heavy atom. The number of carbonyl (C=O) groups is 2. The minimum absolute atomic E-state index is 0.0341. The first kappa shape index (κ1) is 58.6. The van der Waals surface area contributed by atoms with Crippen LogP contribution in [0.2, 0.25) is 0 Å². The molecule has 0 saturated heterocycles. The van der Waals surface area contributed by atoms with Gasteiger partial charge < -0.3 is 20.3 Å². The second kappa shape index (κ2) is 50.2. The summed E-state index contributed by atoms with van der Waals surface area (Å²) in [6.07, 6.45) is 57.7. The first-order valence-electron chi connectivity index (χ1n) is 26.9. The van der Waals surface area contributed by atoms with Crippen molar-refractivity contribution in [2.24, 2.45) is 0 Å². The fraction of sp³-hybridized carbons (Fsp3) is 0.926. The SMILES string of the molecule is CCCCCCCCCCCCCCCCCCCCCCCCC(O)C(CO)NC(=O)CCC/C=C\CCCCCCOC(=O)CCCCCCCCCCCCCC. The summed E-state index contributed by atoms with van der Waals surface area (Å²) in [4.78, 5) is 24.5. The molecule has 356 valence electrons. The molecule has 0 radical (unpaired) electrons. The quantitative estimate of drug-likeness (QED) is 0.0322. The maximum Gasteiger partial charge on any atom is 0.305 e. The number of unbranched alkanes of at least 4 members (excludes halogenated alkanes) is 37. The van der Waals surface area contributed by atoms with Gasteiger partial charge in [-0.15, -0.1) is 0 Å². The molecule has 0 aromatic rings. The molecule has 0 saturated carbocycles. The van der Waals surface area contributed by atoms with Gasteiger partial charge in [0, 0.05) is 12.8 Å². The van der Waals surface area contributed by atoms with E-state index in [9.17, 15) is 19.8 Å². The van der Waals surface area contributed by atoms with Crippen LogP contribution in [-0.4, -0.2) is 47.4 Å². The molecule has 0 aromatic heterocycles. The number of nitrogens with one attached hydrogen (secondary N) is 1. The number of hydrogen-bond acceptors (Lipinski definition) is 5. The molecule has 6 heteroatoms. The van der Waals surface area contributed by atoms with Gasteiger partial charge >= 0.3 is 5.97 Å². The van der Waals surface area contributed by atoms with E-state index >= 15 is 0 Å². The fourth-order valence-corrected chi connectivity index (χ4v) is 8.41. The van der Waals surface area contributed by atoms with E-state index in [-0.39, 0.29) is 18.5 Å². The van der Waals surface area contributed by atoms with Crippen LogP contribution in [0.15, 0.2) is 12.2 Å². The second-order valence-electron chi connectivity index (χ2n) is 18.6. The maximum absolute atomic E-state index is 12.5. The lowest BCUT2D eigenvalue weighted by molar-refractivity contribution is -0.143. The van der Waals surface area contributed by atoms with Crippen molar-refractivity contribution in [1.82, 2.24) is 5.32 Å². The van der Waals surface area contributed by atoms with Crippen LogP contribution in [0.5, 0.6) is 0 Å². The van der Waals surface area contributed by atoms with Crippen LogP contribution in [0.1, 0.15) is 296 Å². The van der Waals surface area contributed by atoms with E-state index < -0.39 is 12.1 Å². The van der Waals surface area contributed by atoms with Crippen LogP contribution in [0, 0.1) is 0 Å². The van der Waals surface area contributed by atoms with Gasteiger partial charge in [0.05, 0.1) is 25.4 Å². The minimum Gasteiger partial charge on any atom is -0.466 e. The monoisotopic (exact) mass is 848 g/mol. The van der Waals surface area contributed by atoms with E-state index in [1.54, 1.807) is 0 Å². The summed E-state index contributed by atoms with van der Waals surface area (Å²) in [7, 11) is 0. The molecule has 0 rings (SSSR count). The van der Waals surface area contributed by atoms with Crippen LogP contribution in [0.25, 0.3) is 0 Å². The van der Waals surface area contributed by atoms with Crippen LogP contribution < -0.4 is 5.32 Å². The average molecular weight is 848 g/mol. The third-order valence-corrected chi connectivity index (χ3v) is 12.6. The van der Waals surface area contributed by atoms with Crippen molar-refractivity contribution in [3.05, 3.63) is 12.2 Å². The number of amides is 1. The van der Waals surface area contributed by atoms with Gasteiger partial charge in [-0.3, -0.25) is 9.59 Å². The lowest BCUT2D eigenvalue weighted by Crippen LogP contribution is -2.45. The molecule has 3 N–H and O–H groups in total. The normalized spacial score (nSPS) is 12.7. The third-order valence-electron chi connectivity index (χ3n) is 12.6. The zero-order valence-electron chi connectivity index (χ0n) is 40.5. The molecular formula is C54H105NO5. The van der Waals surface area contributed by atoms with Gasteiger partial charge in [0.1, 0.15) is 0 Å². The van der Waals surface area contributed by atoms with E-state index in [1.165, 1.54) is 193 Å². The van der Waals surface area contributed by atoms with Gasteiger partial charge in [-0.25, -0.2) is 0 Å². The van der Waals surface area contributed by atoms with Gasteiger partial charge in [0.25, 0.3) is 0 Å². The molecule has 0 aromatic carbocycles. The Morgan fingerprint density at radius 3 is 1.22 bits per heavy atom. The molecule has 1 amide bonds. The van der Waals surface area contributed by atoms with Gasteiger partial charge in [0.2, 0.25) is 5.91 Å². The van der Waals surface area contributed by atoms with Crippen LogP contribution in [-0.2, 0) is 14.3 Å². The summed E-state index contributed by atoms with van der Waals surface area (Å²) in [6, 6.07) is -0.578. The van der Waals surface area contributed by atoms with Crippen molar-refractivity contribution in [2.45, 2.75) is 309 Å². The van der Waals surface area contributed by atoms with E-state index in [0.717, 1.165) is 70.6 Å². The fourth-order valence-electron chi connectivity index (χ4n) is 8.41. The molecule has 6 nitrogen and oxygen atoms in total. The summed E-state index contributed by atoms with van der Waals surface area (Å²) in [5, 5.41) is 23.2. The molecule has 2 unspecified atom stereocenters. The molecule has 60 heavy (non-hydrogen) atoms. The first-order chi connectivity index (χ1) is 29.5. The lowest BCUT2D eigenvalue weighted by Gasteiger charge is -2.22. The number of hydrogen-bond donors (Lipinski definition) is 3. The van der Waals surface area contributed by atoms with Crippen molar-refractivity contribution in [3.8, 4) is 0 Å². The molecule has 0 heterocycles. The Morgan fingerprint density at radius 2 is 0.800 bits per heavy atom. The van der Waals surface area contributed by atoms with Crippen molar-refractivity contribution in [2.75, 3.05) is 13.2 Å². The van der Waals surface area contributed by atoms with E-state index in [4.69, 9.17) is 4.74 Å². The average Bonchev–Trinajstić information content (AvgIpc) is 3.25. The van der Waals surface area contributed by atoms with Crippen molar-refractivity contribution in [1.29, 1.82) is 0 Å². The van der Waals surface area contributed by atoms with Gasteiger partial charge in [-0.05, 0) is 44.9 Å². The summed E-state index contributed by atoms with van der Waals surface area (Å²) < 4.78 is 5.43. The Labute approximate surface area is 374 Å². The van der Waals surface area contributed by atoms with Gasteiger partial charge in [-0.2, -0.15) is 0 Å².